The van der Waals surface area contributed by atoms with Gasteiger partial charge in [0, 0.05) is 17.9 Å². The Labute approximate surface area is 127 Å². The van der Waals surface area contributed by atoms with E-state index < -0.39 is 9.84 Å². The van der Waals surface area contributed by atoms with Crippen LogP contribution in [0.4, 0.5) is 0 Å². The highest BCUT2D eigenvalue weighted by atomic mass is 79.9. The van der Waals surface area contributed by atoms with E-state index in [9.17, 15) is 8.42 Å². The SMILES string of the molecule is CCCC(CBr)(CCC)CN(C)C1CCS(=O)(=O)C1. The van der Waals surface area contributed by atoms with Crippen LogP contribution in [0.25, 0.3) is 0 Å². The van der Waals surface area contributed by atoms with Crippen molar-refractivity contribution in [2.45, 2.75) is 52.0 Å². The molecule has 0 radical (unpaired) electrons. The van der Waals surface area contributed by atoms with E-state index in [-0.39, 0.29) is 6.04 Å². The Bertz CT molecular complexity index is 364. The van der Waals surface area contributed by atoms with Crippen LogP contribution in [0, 0.1) is 5.41 Å². The van der Waals surface area contributed by atoms with Crippen molar-refractivity contribution in [3.05, 3.63) is 0 Å². The molecular weight excluding hydrogens is 326 g/mol. The van der Waals surface area contributed by atoms with Gasteiger partial charge in [0.2, 0.25) is 0 Å². The van der Waals surface area contributed by atoms with Gasteiger partial charge in [-0.3, -0.25) is 0 Å². The number of nitrogens with zero attached hydrogens (tertiary/aromatic N) is 1. The summed E-state index contributed by atoms with van der Waals surface area (Å²) in [6.45, 7) is 5.46. The van der Waals surface area contributed by atoms with Gasteiger partial charge in [-0.05, 0) is 31.7 Å². The molecule has 1 aliphatic rings. The summed E-state index contributed by atoms with van der Waals surface area (Å²) in [6.07, 6.45) is 5.58. The van der Waals surface area contributed by atoms with Crippen LogP contribution >= 0.6 is 15.9 Å². The topological polar surface area (TPSA) is 37.4 Å². The smallest absolute Gasteiger partial charge is 0.151 e. The average molecular weight is 354 g/mol. The second-order valence-corrected chi connectivity index (χ2v) is 8.90. The molecule has 1 rings (SSSR count). The fourth-order valence-electron chi connectivity index (χ4n) is 3.30. The van der Waals surface area contributed by atoms with Crippen molar-refractivity contribution in [3.63, 3.8) is 0 Å². The Morgan fingerprint density at radius 3 is 2.21 bits per heavy atom. The van der Waals surface area contributed by atoms with Gasteiger partial charge in [0.15, 0.2) is 9.84 Å². The Kier molecular flexibility index (Phi) is 6.81. The van der Waals surface area contributed by atoms with E-state index in [1.165, 1.54) is 25.7 Å². The van der Waals surface area contributed by atoms with Gasteiger partial charge in [-0.15, -0.1) is 0 Å². The summed E-state index contributed by atoms with van der Waals surface area (Å²) in [5.74, 6) is 0.713. The summed E-state index contributed by atoms with van der Waals surface area (Å²) in [4.78, 5) is 2.29. The molecule has 0 aliphatic carbocycles. The number of hydrogen-bond donors (Lipinski definition) is 0. The predicted molar refractivity (Wildman–Crippen MR) is 85.7 cm³/mol. The lowest BCUT2D eigenvalue weighted by atomic mass is 9.80. The molecule has 1 fully saturated rings. The highest BCUT2D eigenvalue weighted by molar-refractivity contribution is 9.09. The van der Waals surface area contributed by atoms with E-state index in [2.05, 4.69) is 41.7 Å². The van der Waals surface area contributed by atoms with Crippen molar-refractivity contribution < 1.29 is 8.42 Å². The van der Waals surface area contributed by atoms with Crippen LogP contribution in [-0.2, 0) is 9.84 Å². The van der Waals surface area contributed by atoms with Gasteiger partial charge in [0.25, 0.3) is 0 Å². The molecule has 0 amide bonds. The van der Waals surface area contributed by atoms with Gasteiger partial charge < -0.3 is 4.90 Å². The second-order valence-electron chi connectivity index (χ2n) is 6.11. The largest absolute Gasteiger partial charge is 0.302 e. The third-order valence-corrected chi connectivity index (χ3v) is 7.20. The maximum absolute atomic E-state index is 11.6. The molecule has 0 bridgehead atoms. The summed E-state index contributed by atoms with van der Waals surface area (Å²) < 4.78 is 23.2. The maximum Gasteiger partial charge on any atom is 0.151 e. The normalized spacial score (nSPS) is 23.1. The molecule has 0 spiro atoms. The maximum atomic E-state index is 11.6. The van der Waals surface area contributed by atoms with Gasteiger partial charge in [0.1, 0.15) is 0 Å². The molecule has 0 N–H and O–H groups in total. The molecule has 1 saturated heterocycles. The average Bonchev–Trinajstić information content (AvgIpc) is 2.70. The molecule has 114 valence electrons. The third-order valence-electron chi connectivity index (χ3n) is 4.26. The van der Waals surface area contributed by atoms with E-state index in [1.54, 1.807) is 0 Å². The minimum Gasteiger partial charge on any atom is -0.302 e. The van der Waals surface area contributed by atoms with E-state index in [1.807, 2.05) is 0 Å². The molecule has 1 atom stereocenters. The number of alkyl halides is 1. The predicted octanol–water partition coefficient (Wildman–Crippen LogP) is 3.09. The lowest BCUT2D eigenvalue weighted by Crippen LogP contribution is -2.42. The lowest BCUT2D eigenvalue weighted by Gasteiger charge is -2.38. The van der Waals surface area contributed by atoms with E-state index >= 15 is 0 Å². The first-order valence-electron chi connectivity index (χ1n) is 7.34. The van der Waals surface area contributed by atoms with Crippen LogP contribution in [0.1, 0.15) is 46.0 Å². The number of rotatable bonds is 8. The molecular formula is C14H28BrNO2S. The Hall–Kier alpha value is 0.390. The molecule has 3 nitrogen and oxygen atoms in total. The summed E-state index contributed by atoms with van der Waals surface area (Å²) in [7, 11) is -0.689. The third kappa shape index (κ3) is 5.01. The van der Waals surface area contributed by atoms with E-state index in [0.717, 1.165) is 18.3 Å². The fourth-order valence-corrected chi connectivity index (χ4v) is 5.84. The summed E-state index contributed by atoms with van der Waals surface area (Å²) in [5, 5.41) is 1.01. The summed E-state index contributed by atoms with van der Waals surface area (Å²) in [6, 6.07) is 0.220. The number of sulfone groups is 1. The van der Waals surface area contributed by atoms with E-state index in [4.69, 9.17) is 0 Å². The molecule has 1 unspecified atom stereocenters. The number of halogens is 1. The molecule has 5 heteroatoms. The molecule has 19 heavy (non-hydrogen) atoms. The van der Waals surface area contributed by atoms with E-state index in [0.29, 0.717) is 16.9 Å². The molecule has 1 aliphatic heterocycles. The van der Waals surface area contributed by atoms with Crippen molar-refractivity contribution in [1.82, 2.24) is 4.90 Å². The first kappa shape index (κ1) is 17.4. The van der Waals surface area contributed by atoms with Gasteiger partial charge >= 0.3 is 0 Å². The molecule has 0 aromatic heterocycles. The van der Waals surface area contributed by atoms with Crippen LogP contribution < -0.4 is 0 Å². The Morgan fingerprint density at radius 2 is 1.84 bits per heavy atom. The van der Waals surface area contributed by atoms with Crippen LogP contribution in [0.3, 0.4) is 0 Å². The molecule has 0 aromatic carbocycles. The zero-order valence-corrected chi connectivity index (χ0v) is 14.9. The highest BCUT2D eigenvalue weighted by Crippen LogP contribution is 2.34. The monoisotopic (exact) mass is 353 g/mol. The Balaban J connectivity index is 2.68. The highest BCUT2D eigenvalue weighted by Gasteiger charge is 2.35. The van der Waals surface area contributed by atoms with Crippen LogP contribution in [0.5, 0.6) is 0 Å². The fraction of sp³-hybridized carbons (Fsp3) is 1.00. The van der Waals surface area contributed by atoms with Crippen molar-refractivity contribution in [1.29, 1.82) is 0 Å². The number of hydrogen-bond acceptors (Lipinski definition) is 3. The lowest BCUT2D eigenvalue weighted by molar-refractivity contribution is 0.142. The standard InChI is InChI=1S/C14H28BrNO2S/c1-4-7-14(11-15,8-5-2)12-16(3)13-6-9-19(17,18)10-13/h13H,4-12H2,1-3H3. The quantitative estimate of drug-likeness (QED) is 0.629. The zero-order valence-electron chi connectivity index (χ0n) is 12.5. The molecule has 0 saturated carbocycles. The summed E-state index contributed by atoms with van der Waals surface area (Å²) >= 11 is 3.69. The van der Waals surface area contributed by atoms with Gasteiger partial charge in [-0.25, -0.2) is 8.42 Å². The first-order chi connectivity index (χ1) is 8.88. The molecule has 1 heterocycles. The van der Waals surface area contributed by atoms with Crippen molar-refractivity contribution in [2.75, 3.05) is 30.4 Å². The van der Waals surface area contributed by atoms with Gasteiger partial charge in [-0.2, -0.15) is 0 Å². The van der Waals surface area contributed by atoms with Crippen molar-refractivity contribution >= 4 is 25.8 Å². The van der Waals surface area contributed by atoms with Gasteiger partial charge in [-0.1, -0.05) is 42.6 Å². The van der Waals surface area contributed by atoms with Crippen molar-refractivity contribution in [3.8, 4) is 0 Å². The van der Waals surface area contributed by atoms with Crippen LogP contribution in [0.2, 0.25) is 0 Å². The van der Waals surface area contributed by atoms with Crippen LogP contribution in [0.15, 0.2) is 0 Å². The molecule has 0 aromatic rings. The van der Waals surface area contributed by atoms with Crippen molar-refractivity contribution in [2.24, 2.45) is 5.41 Å². The Morgan fingerprint density at radius 1 is 1.26 bits per heavy atom. The summed E-state index contributed by atoms with van der Waals surface area (Å²) in [5.41, 5.74) is 0.296. The minimum absolute atomic E-state index is 0.220. The zero-order chi connectivity index (χ0) is 14.5. The van der Waals surface area contributed by atoms with Gasteiger partial charge in [0.05, 0.1) is 11.5 Å². The second kappa shape index (κ2) is 7.41. The first-order valence-corrected chi connectivity index (χ1v) is 10.3. The minimum atomic E-state index is -2.78. The van der Waals surface area contributed by atoms with Crippen LogP contribution in [-0.4, -0.2) is 49.8 Å².